The van der Waals surface area contributed by atoms with E-state index >= 15 is 0 Å². The summed E-state index contributed by atoms with van der Waals surface area (Å²) in [5, 5.41) is 0. The highest BCUT2D eigenvalue weighted by atomic mass is 16.7. The zero-order chi connectivity index (χ0) is 56.1. The van der Waals surface area contributed by atoms with Gasteiger partial charge in [-0.15, -0.1) is 0 Å². The van der Waals surface area contributed by atoms with Crippen molar-refractivity contribution in [3.8, 4) is 0 Å². The zero-order valence-corrected chi connectivity index (χ0v) is 51.3. The third-order valence-electron chi connectivity index (χ3n) is 15.9. The van der Waals surface area contributed by atoms with Crippen molar-refractivity contribution in [3.05, 3.63) is 11.8 Å². The molecule has 0 aromatic rings. The van der Waals surface area contributed by atoms with E-state index in [0.29, 0.717) is 32.3 Å². The van der Waals surface area contributed by atoms with Gasteiger partial charge in [-0.3, -0.25) is 14.4 Å². The standard InChI is InChI=1S/C66H123NO10/c1-7-13-17-21-25-34-45-60(46-35-26-22-18-14-8-2)76-63(69)50-39-30-29-33-44-59(11-5)73-56-66(12-6,58-75-65(71)72-55-43-54-67-52-41-42-53-67)57-74-62(68)49-38-31-32-40-51-64(70)77-61(47-36-27-23-19-15-9-3)48-37-28-24-20-16-10-4/h11,60-61H,7-10,12-58H2,1-6H3/b59-11-. The van der Waals surface area contributed by atoms with Gasteiger partial charge in [0, 0.05) is 32.2 Å². The molecule has 1 rings (SSSR count). The van der Waals surface area contributed by atoms with E-state index in [4.69, 9.17) is 28.4 Å². The van der Waals surface area contributed by atoms with Crippen LogP contribution in [0.4, 0.5) is 4.79 Å². The number of nitrogens with zero attached hydrogens (tertiary/aromatic N) is 1. The highest BCUT2D eigenvalue weighted by Crippen LogP contribution is 2.28. The summed E-state index contributed by atoms with van der Waals surface area (Å²) in [5.74, 6) is 0.415. The first-order valence-electron chi connectivity index (χ1n) is 33.0. The minimum absolute atomic E-state index is 0.00246. The predicted molar refractivity (Wildman–Crippen MR) is 318 cm³/mol. The molecule has 11 heteroatoms. The van der Waals surface area contributed by atoms with Crippen LogP contribution in [0, 0.1) is 5.41 Å². The molecule has 1 heterocycles. The lowest BCUT2D eigenvalue weighted by molar-refractivity contribution is -0.151. The summed E-state index contributed by atoms with van der Waals surface area (Å²) in [7, 11) is 0. The normalized spacial score (nSPS) is 13.8. The van der Waals surface area contributed by atoms with Crippen LogP contribution in [0.15, 0.2) is 11.8 Å². The molecule has 0 bridgehead atoms. The molecule has 0 spiro atoms. The number of hydrogen-bond acceptors (Lipinski definition) is 11. The molecule has 0 amide bonds. The van der Waals surface area contributed by atoms with Crippen LogP contribution < -0.4 is 0 Å². The van der Waals surface area contributed by atoms with Crippen LogP contribution in [0.3, 0.4) is 0 Å². The van der Waals surface area contributed by atoms with Crippen molar-refractivity contribution in [2.75, 3.05) is 46.1 Å². The number of allylic oxidation sites excluding steroid dienone is 2. The van der Waals surface area contributed by atoms with Crippen molar-refractivity contribution >= 4 is 24.1 Å². The molecule has 1 aliphatic rings. The second kappa shape index (κ2) is 52.5. The number of likely N-dealkylation sites (tertiary alicyclic amines) is 1. The largest absolute Gasteiger partial charge is 0.508 e. The van der Waals surface area contributed by atoms with Crippen molar-refractivity contribution in [2.45, 2.75) is 336 Å². The fourth-order valence-corrected chi connectivity index (χ4v) is 10.4. The monoisotopic (exact) mass is 1090 g/mol. The van der Waals surface area contributed by atoms with Crippen molar-refractivity contribution < 1.29 is 47.6 Å². The van der Waals surface area contributed by atoms with Crippen LogP contribution in [0.2, 0.25) is 0 Å². The molecule has 0 aromatic heterocycles. The van der Waals surface area contributed by atoms with Crippen LogP contribution in [0.5, 0.6) is 0 Å². The lowest BCUT2D eigenvalue weighted by Gasteiger charge is -2.31. The first kappa shape index (κ1) is 72.2. The molecule has 1 fully saturated rings. The highest BCUT2D eigenvalue weighted by molar-refractivity contribution is 5.70. The summed E-state index contributed by atoms with van der Waals surface area (Å²) in [6.45, 7) is 16.6. The molecule has 1 unspecified atom stereocenters. The maximum Gasteiger partial charge on any atom is 0.508 e. The zero-order valence-electron chi connectivity index (χ0n) is 51.3. The smallest absolute Gasteiger partial charge is 0.497 e. The topological polar surface area (TPSA) is 127 Å². The Bertz CT molecular complexity index is 1380. The number of esters is 3. The predicted octanol–water partition coefficient (Wildman–Crippen LogP) is 19.0. The van der Waals surface area contributed by atoms with E-state index in [1.807, 2.05) is 19.9 Å². The average molecular weight is 1090 g/mol. The number of hydrogen-bond donors (Lipinski definition) is 0. The fourth-order valence-electron chi connectivity index (χ4n) is 10.4. The second-order valence-electron chi connectivity index (χ2n) is 23.1. The molecule has 1 atom stereocenters. The summed E-state index contributed by atoms with van der Waals surface area (Å²) >= 11 is 0. The molecule has 0 saturated carbocycles. The Labute approximate surface area is 474 Å². The SMILES string of the molecule is C/C=C(/CCCCCCC(=O)OC(CCCCCCCC)CCCCCCCC)OCC(CC)(COC(=O)CCCCCCC(=O)OC(CCCCCCCC)CCCCCCCC)COC(=O)OCCCN1CCCC1. The van der Waals surface area contributed by atoms with Gasteiger partial charge in [-0.25, -0.2) is 4.79 Å². The Hall–Kier alpha value is -2.82. The van der Waals surface area contributed by atoms with Gasteiger partial charge in [0.25, 0.3) is 0 Å². The minimum atomic E-state index is -0.761. The van der Waals surface area contributed by atoms with Gasteiger partial charge in [0.1, 0.15) is 25.4 Å². The van der Waals surface area contributed by atoms with E-state index < -0.39 is 11.6 Å². The highest BCUT2D eigenvalue weighted by Gasteiger charge is 2.34. The molecule has 0 N–H and O–H groups in total. The van der Waals surface area contributed by atoms with Crippen LogP contribution in [0.1, 0.15) is 324 Å². The van der Waals surface area contributed by atoms with Crippen molar-refractivity contribution in [1.82, 2.24) is 4.90 Å². The summed E-state index contributed by atoms with van der Waals surface area (Å²) in [6.07, 6.45) is 47.5. The Morgan fingerprint density at radius 3 is 1.19 bits per heavy atom. The number of rotatable bonds is 56. The number of carbonyl (C=O) groups is 4. The fraction of sp³-hybridized carbons (Fsp3) is 0.909. The number of unbranched alkanes of at least 4 members (excludes halogenated alkanes) is 26. The van der Waals surface area contributed by atoms with Gasteiger partial charge in [-0.2, -0.15) is 0 Å². The van der Waals surface area contributed by atoms with E-state index in [9.17, 15) is 19.2 Å². The average Bonchev–Trinajstić information content (AvgIpc) is 3.96. The number of ether oxygens (including phenoxy) is 6. The maximum atomic E-state index is 13.2. The van der Waals surface area contributed by atoms with Gasteiger partial charge in [0.2, 0.25) is 0 Å². The Balaban J connectivity index is 2.65. The molecule has 1 aliphatic heterocycles. The Kier molecular flexibility index (Phi) is 49.3. The molecule has 1 saturated heterocycles. The molecule has 77 heavy (non-hydrogen) atoms. The first-order valence-corrected chi connectivity index (χ1v) is 33.0. The molecule has 452 valence electrons. The Morgan fingerprint density at radius 1 is 0.416 bits per heavy atom. The molecule has 11 nitrogen and oxygen atoms in total. The van der Waals surface area contributed by atoms with E-state index in [1.165, 1.54) is 141 Å². The van der Waals surface area contributed by atoms with Gasteiger partial charge in [0.05, 0.1) is 24.4 Å². The van der Waals surface area contributed by atoms with Gasteiger partial charge in [-0.05, 0) is 129 Å². The maximum absolute atomic E-state index is 13.2. The van der Waals surface area contributed by atoms with E-state index in [0.717, 1.165) is 135 Å². The summed E-state index contributed by atoms with van der Waals surface area (Å²) in [5.41, 5.74) is -0.761. The third kappa shape index (κ3) is 43.6. The third-order valence-corrected chi connectivity index (χ3v) is 15.9. The summed E-state index contributed by atoms with van der Waals surface area (Å²) < 4.78 is 35.7. The first-order chi connectivity index (χ1) is 37.6. The lowest BCUT2D eigenvalue weighted by Crippen LogP contribution is -2.38. The van der Waals surface area contributed by atoms with Crippen LogP contribution >= 0.6 is 0 Å². The summed E-state index contributed by atoms with van der Waals surface area (Å²) in [4.78, 5) is 54.3. The van der Waals surface area contributed by atoms with Gasteiger partial charge in [0.15, 0.2) is 0 Å². The lowest BCUT2D eigenvalue weighted by atomic mass is 9.88. The molecule has 0 aromatic carbocycles. The molecule has 0 aliphatic carbocycles. The van der Waals surface area contributed by atoms with Crippen LogP contribution in [0.25, 0.3) is 0 Å². The van der Waals surface area contributed by atoms with E-state index in [1.54, 1.807) is 0 Å². The van der Waals surface area contributed by atoms with Crippen molar-refractivity contribution in [1.29, 1.82) is 0 Å². The Morgan fingerprint density at radius 2 is 0.779 bits per heavy atom. The quantitative estimate of drug-likeness (QED) is 0.0250. The van der Waals surface area contributed by atoms with Crippen LogP contribution in [-0.2, 0) is 42.8 Å². The van der Waals surface area contributed by atoms with Crippen LogP contribution in [-0.4, -0.2) is 87.2 Å². The van der Waals surface area contributed by atoms with Crippen molar-refractivity contribution in [3.63, 3.8) is 0 Å². The second-order valence-corrected chi connectivity index (χ2v) is 23.1. The molecular formula is C66H123NO10. The minimum Gasteiger partial charge on any atom is -0.497 e. The number of carbonyl (C=O) groups excluding carboxylic acids is 4. The van der Waals surface area contributed by atoms with Gasteiger partial charge < -0.3 is 33.3 Å². The summed E-state index contributed by atoms with van der Waals surface area (Å²) in [6, 6.07) is 0. The van der Waals surface area contributed by atoms with E-state index in [2.05, 4.69) is 32.6 Å². The van der Waals surface area contributed by atoms with Crippen molar-refractivity contribution in [2.24, 2.45) is 5.41 Å². The molecule has 0 radical (unpaired) electrons. The van der Waals surface area contributed by atoms with E-state index in [-0.39, 0.29) is 56.4 Å². The molecular weight excluding hydrogens is 967 g/mol. The van der Waals surface area contributed by atoms with Gasteiger partial charge >= 0.3 is 24.1 Å². The van der Waals surface area contributed by atoms with Gasteiger partial charge in [-0.1, -0.05) is 189 Å².